The third-order valence-electron chi connectivity index (χ3n) is 4.28. The highest BCUT2D eigenvalue weighted by atomic mass is 15.2. The molecule has 0 aromatic heterocycles. The van der Waals surface area contributed by atoms with Crippen LogP contribution in [0.1, 0.15) is 40.5 Å². The van der Waals surface area contributed by atoms with Crippen LogP contribution in [-0.2, 0) is 0 Å². The first-order valence-electron chi connectivity index (χ1n) is 7.46. The molecule has 0 aliphatic carbocycles. The molecule has 0 aromatic carbocycles. The van der Waals surface area contributed by atoms with Gasteiger partial charge in [0, 0.05) is 18.6 Å². The molecule has 18 heavy (non-hydrogen) atoms. The largest absolute Gasteiger partial charge is 0.312 e. The summed E-state index contributed by atoms with van der Waals surface area (Å²) < 4.78 is 0. The summed E-state index contributed by atoms with van der Waals surface area (Å²) in [6, 6.07) is 1.34. The first-order chi connectivity index (χ1) is 8.34. The first-order valence-corrected chi connectivity index (χ1v) is 7.46. The summed E-state index contributed by atoms with van der Waals surface area (Å²) in [4.78, 5) is 5.02. The summed E-state index contributed by atoms with van der Waals surface area (Å²) in [5.41, 5.74) is 0.329. The lowest BCUT2D eigenvalue weighted by molar-refractivity contribution is 0.112. The maximum absolute atomic E-state index is 3.65. The summed E-state index contributed by atoms with van der Waals surface area (Å²) in [5.74, 6) is 0. The fourth-order valence-corrected chi connectivity index (χ4v) is 2.76. The molecule has 1 aliphatic rings. The van der Waals surface area contributed by atoms with Crippen LogP contribution in [0.2, 0.25) is 0 Å². The minimum Gasteiger partial charge on any atom is -0.312 e. The number of hydrogen-bond donors (Lipinski definition) is 1. The average molecular weight is 255 g/mol. The van der Waals surface area contributed by atoms with E-state index in [0.29, 0.717) is 11.5 Å². The molecule has 0 aromatic rings. The molecular formula is C15H33N3. The molecule has 1 heterocycles. The summed E-state index contributed by atoms with van der Waals surface area (Å²) in [5, 5.41) is 3.65. The molecule has 1 atom stereocenters. The monoisotopic (exact) mass is 255 g/mol. The van der Waals surface area contributed by atoms with E-state index in [0.717, 1.165) is 19.1 Å². The second kappa shape index (κ2) is 6.88. The van der Waals surface area contributed by atoms with Crippen molar-refractivity contribution in [2.75, 3.05) is 40.3 Å². The van der Waals surface area contributed by atoms with E-state index < -0.39 is 0 Å². The van der Waals surface area contributed by atoms with Gasteiger partial charge in [0.2, 0.25) is 0 Å². The van der Waals surface area contributed by atoms with Gasteiger partial charge in [0.15, 0.2) is 0 Å². The summed E-state index contributed by atoms with van der Waals surface area (Å²) in [7, 11) is 4.53. The zero-order valence-electron chi connectivity index (χ0n) is 13.3. The van der Waals surface area contributed by atoms with Gasteiger partial charge in [-0.25, -0.2) is 0 Å². The fraction of sp³-hybridized carbons (Fsp3) is 1.00. The highest BCUT2D eigenvalue weighted by molar-refractivity contribution is 4.85. The Morgan fingerprint density at radius 3 is 2.28 bits per heavy atom. The van der Waals surface area contributed by atoms with Crippen molar-refractivity contribution in [1.82, 2.24) is 15.1 Å². The molecule has 1 fully saturated rings. The fourth-order valence-electron chi connectivity index (χ4n) is 2.76. The van der Waals surface area contributed by atoms with Gasteiger partial charge in [-0.2, -0.15) is 0 Å². The molecule has 0 amide bonds. The third-order valence-corrected chi connectivity index (χ3v) is 4.28. The maximum atomic E-state index is 3.65. The smallest absolute Gasteiger partial charge is 0.0243 e. The minimum absolute atomic E-state index is 0.329. The van der Waals surface area contributed by atoms with Crippen LogP contribution in [-0.4, -0.2) is 62.2 Å². The Kier molecular flexibility index (Phi) is 6.09. The van der Waals surface area contributed by atoms with Gasteiger partial charge in [0.1, 0.15) is 0 Å². The molecule has 1 unspecified atom stereocenters. The van der Waals surface area contributed by atoms with Crippen LogP contribution in [0.3, 0.4) is 0 Å². The number of likely N-dealkylation sites (N-methyl/N-ethyl adjacent to an activating group) is 2. The molecule has 0 spiro atoms. The zero-order chi connectivity index (χ0) is 13.8. The van der Waals surface area contributed by atoms with Crippen LogP contribution in [0.5, 0.6) is 0 Å². The van der Waals surface area contributed by atoms with Crippen LogP contribution in [0, 0.1) is 5.41 Å². The van der Waals surface area contributed by atoms with Gasteiger partial charge >= 0.3 is 0 Å². The van der Waals surface area contributed by atoms with Gasteiger partial charge in [-0.1, -0.05) is 27.7 Å². The molecule has 108 valence electrons. The van der Waals surface area contributed by atoms with E-state index in [2.05, 4.69) is 56.9 Å². The maximum Gasteiger partial charge on any atom is 0.0243 e. The van der Waals surface area contributed by atoms with E-state index in [-0.39, 0.29) is 0 Å². The Morgan fingerprint density at radius 2 is 1.83 bits per heavy atom. The standard InChI is InChI=1S/C15H33N3/c1-7-16-14(15(2,3)4)12-18(6)13-8-10-17(5)11-9-13/h13-14,16H,7-12H2,1-6H3. The van der Waals surface area contributed by atoms with Gasteiger partial charge in [-0.15, -0.1) is 0 Å². The molecule has 0 saturated carbocycles. The lowest BCUT2D eigenvalue weighted by atomic mass is 9.86. The first kappa shape index (κ1) is 15.9. The van der Waals surface area contributed by atoms with Crippen LogP contribution >= 0.6 is 0 Å². The minimum atomic E-state index is 0.329. The number of piperidine rings is 1. The molecule has 0 radical (unpaired) electrons. The van der Waals surface area contributed by atoms with Crippen LogP contribution in [0.15, 0.2) is 0 Å². The summed E-state index contributed by atoms with van der Waals surface area (Å²) in [6.07, 6.45) is 2.63. The third kappa shape index (κ3) is 4.87. The quantitative estimate of drug-likeness (QED) is 0.811. The highest BCUT2D eigenvalue weighted by Gasteiger charge is 2.28. The van der Waals surface area contributed by atoms with Gasteiger partial charge in [0.25, 0.3) is 0 Å². The average Bonchev–Trinajstić information content (AvgIpc) is 2.28. The number of nitrogens with one attached hydrogen (secondary N) is 1. The van der Waals surface area contributed by atoms with E-state index in [4.69, 9.17) is 0 Å². The predicted octanol–water partition coefficient (Wildman–Crippen LogP) is 2.04. The topological polar surface area (TPSA) is 18.5 Å². The van der Waals surface area contributed by atoms with Gasteiger partial charge in [-0.3, -0.25) is 0 Å². The van der Waals surface area contributed by atoms with Crippen molar-refractivity contribution < 1.29 is 0 Å². The lowest BCUT2D eigenvalue weighted by Gasteiger charge is -2.40. The van der Waals surface area contributed by atoms with Crippen molar-refractivity contribution in [2.24, 2.45) is 5.41 Å². The van der Waals surface area contributed by atoms with Crippen molar-refractivity contribution in [3.8, 4) is 0 Å². The van der Waals surface area contributed by atoms with Crippen molar-refractivity contribution >= 4 is 0 Å². The van der Waals surface area contributed by atoms with Crippen LogP contribution in [0.25, 0.3) is 0 Å². The molecule has 1 rings (SSSR count). The molecule has 1 saturated heterocycles. The number of likely N-dealkylation sites (tertiary alicyclic amines) is 1. The van der Waals surface area contributed by atoms with Crippen LogP contribution in [0.4, 0.5) is 0 Å². The number of nitrogens with zero attached hydrogens (tertiary/aromatic N) is 2. The Balaban J connectivity index is 2.48. The summed E-state index contributed by atoms with van der Waals surface area (Å²) in [6.45, 7) is 13.9. The lowest BCUT2D eigenvalue weighted by Crippen LogP contribution is -2.51. The van der Waals surface area contributed by atoms with Crippen molar-refractivity contribution in [3.05, 3.63) is 0 Å². The Morgan fingerprint density at radius 1 is 1.28 bits per heavy atom. The Hall–Kier alpha value is -0.120. The molecule has 3 nitrogen and oxygen atoms in total. The zero-order valence-corrected chi connectivity index (χ0v) is 13.3. The Bertz CT molecular complexity index is 226. The van der Waals surface area contributed by atoms with Gasteiger partial charge < -0.3 is 15.1 Å². The molecular weight excluding hydrogens is 222 g/mol. The van der Waals surface area contributed by atoms with E-state index in [1.54, 1.807) is 0 Å². The van der Waals surface area contributed by atoms with E-state index >= 15 is 0 Å². The second-order valence-electron chi connectivity index (χ2n) is 6.95. The molecule has 3 heteroatoms. The SMILES string of the molecule is CCNC(CN(C)C1CCN(C)CC1)C(C)(C)C. The Labute approximate surface area is 114 Å². The second-order valence-corrected chi connectivity index (χ2v) is 6.95. The number of hydrogen-bond acceptors (Lipinski definition) is 3. The number of rotatable bonds is 5. The van der Waals surface area contributed by atoms with Crippen LogP contribution < -0.4 is 5.32 Å². The van der Waals surface area contributed by atoms with Crippen molar-refractivity contribution in [1.29, 1.82) is 0 Å². The predicted molar refractivity (Wildman–Crippen MR) is 80.1 cm³/mol. The van der Waals surface area contributed by atoms with Crippen molar-refractivity contribution in [3.63, 3.8) is 0 Å². The van der Waals surface area contributed by atoms with E-state index in [9.17, 15) is 0 Å². The van der Waals surface area contributed by atoms with E-state index in [1.165, 1.54) is 25.9 Å². The van der Waals surface area contributed by atoms with E-state index in [1.807, 2.05) is 0 Å². The van der Waals surface area contributed by atoms with Crippen molar-refractivity contribution in [2.45, 2.75) is 52.6 Å². The van der Waals surface area contributed by atoms with Gasteiger partial charge in [-0.05, 0) is 52.0 Å². The molecule has 1 N–H and O–H groups in total. The van der Waals surface area contributed by atoms with Gasteiger partial charge in [0.05, 0.1) is 0 Å². The summed E-state index contributed by atoms with van der Waals surface area (Å²) >= 11 is 0. The molecule has 0 bridgehead atoms. The normalized spacial score (nSPS) is 21.5. The highest BCUT2D eigenvalue weighted by Crippen LogP contribution is 2.22. The molecule has 1 aliphatic heterocycles.